The Balaban J connectivity index is 1.90. The van der Waals surface area contributed by atoms with E-state index >= 15 is 0 Å². The maximum atomic E-state index is 13.5. The highest BCUT2D eigenvalue weighted by atomic mass is 19.1. The molecule has 8 heteroatoms. The summed E-state index contributed by atoms with van der Waals surface area (Å²) in [5.74, 6) is -1.86. The second-order valence-corrected chi connectivity index (χ2v) is 5.38. The fourth-order valence-corrected chi connectivity index (χ4v) is 2.87. The monoisotopic (exact) mass is 327 g/mol. The van der Waals surface area contributed by atoms with E-state index in [9.17, 15) is 19.5 Å². The van der Waals surface area contributed by atoms with Crippen LogP contribution in [0.4, 0.5) is 21.5 Å². The highest BCUT2D eigenvalue weighted by Crippen LogP contribution is 2.42. The standard InChI is InChI=1S/C16H13FN4O3/c1-18-12-7-2-3-8-13(12)20-14(15(18)22)16(23)19(21(20)24)11-6-4-5-10(17)9-11/h2-9,22,24H,1H3/p-1. The first-order valence-corrected chi connectivity index (χ1v) is 7.13. The zero-order valence-corrected chi connectivity index (χ0v) is 12.5. The number of anilines is 3. The highest BCUT2D eigenvalue weighted by molar-refractivity contribution is 6.12. The van der Waals surface area contributed by atoms with Gasteiger partial charge >= 0.3 is 0 Å². The molecule has 1 N–H and O–H groups in total. The fourth-order valence-electron chi connectivity index (χ4n) is 2.87. The van der Waals surface area contributed by atoms with Gasteiger partial charge in [-0.15, -0.1) is 0 Å². The van der Waals surface area contributed by atoms with E-state index in [-0.39, 0.29) is 11.4 Å². The summed E-state index contributed by atoms with van der Waals surface area (Å²) in [5, 5.41) is 25.5. The lowest BCUT2D eigenvalue weighted by Gasteiger charge is -2.39. The molecule has 1 amide bonds. The SMILES string of the molecule is CN1C([O-])=C2C(=O)N(c3cccc(F)c3)N(O)N2c2ccccc21. The molecule has 0 saturated carbocycles. The Bertz CT molecular complexity index is 885. The number of amides is 1. The molecule has 0 spiro atoms. The molecular weight excluding hydrogens is 315 g/mol. The summed E-state index contributed by atoms with van der Waals surface area (Å²) in [6.45, 7) is 0. The minimum Gasteiger partial charge on any atom is -0.858 e. The van der Waals surface area contributed by atoms with E-state index in [4.69, 9.17) is 0 Å². The summed E-state index contributed by atoms with van der Waals surface area (Å²) >= 11 is 0. The van der Waals surface area contributed by atoms with Crippen LogP contribution in [0.5, 0.6) is 0 Å². The lowest BCUT2D eigenvalue weighted by atomic mass is 10.2. The van der Waals surface area contributed by atoms with E-state index in [0.717, 1.165) is 16.1 Å². The molecule has 0 unspecified atom stereocenters. The first-order valence-electron chi connectivity index (χ1n) is 7.13. The number of benzene rings is 2. The first-order chi connectivity index (χ1) is 11.5. The first kappa shape index (κ1) is 14.5. The van der Waals surface area contributed by atoms with Crippen LogP contribution in [0.2, 0.25) is 0 Å². The predicted octanol–water partition coefficient (Wildman–Crippen LogP) is 1.18. The lowest BCUT2D eigenvalue weighted by Crippen LogP contribution is -2.45. The fraction of sp³-hybridized carbons (Fsp3) is 0.0625. The Hall–Kier alpha value is -3.10. The molecule has 0 aromatic heterocycles. The smallest absolute Gasteiger partial charge is 0.295 e. The molecule has 7 nitrogen and oxygen atoms in total. The quantitative estimate of drug-likeness (QED) is 0.848. The molecule has 0 aliphatic carbocycles. The van der Waals surface area contributed by atoms with E-state index in [2.05, 4.69) is 0 Å². The molecule has 0 atom stereocenters. The highest BCUT2D eigenvalue weighted by Gasteiger charge is 2.45. The number of nitrogens with zero attached hydrogens (tertiary/aromatic N) is 4. The number of rotatable bonds is 1. The molecule has 0 radical (unpaired) electrons. The molecule has 2 aliphatic heterocycles. The van der Waals surface area contributed by atoms with Crippen LogP contribution in [0.25, 0.3) is 0 Å². The van der Waals surface area contributed by atoms with Gasteiger partial charge < -0.3 is 10.0 Å². The van der Waals surface area contributed by atoms with Crippen LogP contribution in [0.1, 0.15) is 0 Å². The van der Waals surface area contributed by atoms with Crippen molar-refractivity contribution in [3.63, 3.8) is 0 Å². The lowest BCUT2D eigenvalue weighted by molar-refractivity contribution is -0.307. The number of para-hydroxylation sites is 2. The van der Waals surface area contributed by atoms with Gasteiger partial charge in [0.2, 0.25) is 0 Å². The predicted molar refractivity (Wildman–Crippen MR) is 81.9 cm³/mol. The van der Waals surface area contributed by atoms with Gasteiger partial charge in [-0.25, -0.2) is 9.40 Å². The van der Waals surface area contributed by atoms with Crippen molar-refractivity contribution in [1.29, 1.82) is 0 Å². The Morgan fingerprint density at radius 2 is 1.75 bits per heavy atom. The van der Waals surface area contributed by atoms with Crippen molar-refractivity contribution in [3.8, 4) is 0 Å². The van der Waals surface area contributed by atoms with Crippen LogP contribution in [-0.4, -0.2) is 23.4 Å². The number of carbonyl (C=O) groups is 1. The number of carbonyl (C=O) groups excluding carboxylic acids is 1. The van der Waals surface area contributed by atoms with Gasteiger partial charge in [0.25, 0.3) is 5.91 Å². The summed E-state index contributed by atoms with van der Waals surface area (Å²) in [7, 11) is 1.55. The third-order valence-corrected chi connectivity index (χ3v) is 4.00. The zero-order valence-electron chi connectivity index (χ0n) is 12.5. The number of hydrogen-bond donors (Lipinski definition) is 1. The third-order valence-electron chi connectivity index (χ3n) is 4.00. The number of hydrogen-bond acceptors (Lipinski definition) is 6. The van der Waals surface area contributed by atoms with Gasteiger partial charge in [0.15, 0.2) is 0 Å². The van der Waals surface area contributed by atoms with Crippen molar-refractivity contribution >= 4 is 23.0 Å². The van der Waals surface area contributed by atoms with Crippen molar-refractivity contribution in [2.75, 3.05) is 22.0 Å². The van der Waals surface area contributed by atoms with Gasteiger partial charge in [-0.2, -0.15) is 5.01 Å². The Kier molecular flexibility index (Phi) is 2.99. The summed E-state index contributed by atoms with van der Waals surface area (Å²) in [6.07, 6.45) is 0. The molecule has 1 saturated heterocycles. The summed E-state index contributed by atoms with van der Waals surface area (Å²) < 4.78 is 13.5. The van der Waals surface area contributed by atoms with E-state index < -0.39 is 17.6 Å². The van der Waals surface area contributed by atoms with E-state index in [1.165, 1.54) is 23.1 Å². The molecule has 2 aromatic carbocycles. The molecule has 1 fully saturated rings. The number of fused-ring (bicyclic) bond motifs is 3. The number of halogens is 1. The normalized spacial score (nSPS) is 17.5. The van der Waals surface area contributed by atoms with E-state index in [1.807, 2.05) is 0 Å². The van der Waals surface area contributed by atoms with Gasteiger partial charge in [0.05, 0.1) is 17.1 Å². The minimum absolute atomic E-state index is 0.109. The molecule has 122 valence electrons. The van der Waals surface area contributed by atoms with E-state index in [1.54, 1.807) is 31.3 Å². The minimum atomic E-state index is -0.741. The number of hydrazine groups is 2. The summed E-state index contributed by atoms with van der Waals surface area (Å²) in [6, 6.07) is 12.0. The van der Waals surface area contributed by atoms with E-state index in [0.29, 0.717) is 16.7 Å². The van der Waals surface area contributed by atoms with Gasteiger partial charge in [-0.1, -0.05) is 18.2 Å². The second-order valence-electron chi connectivity index (χ2n) is 5.38. The van der Waals surface area contributed by atoms with Crippen LogP contribution >= 0.6 is 0 Å². The average Bonchev–Trinajstić information content (AvgIpc) is 2.84. The van der Waals surface area contributed by atoms with Crippen molar-refractivity contribution in [1.82, 2.24) is 5.28 Å². The maximum absolute atomic E-state index is 13.5. The molecule has 2 heterocycles. The Morgan fingerprint density at radius 1 is 1.04 bits per heavy atom. The summed E-state index contributed by atoms with van der Waals surface area (Å²) in [4.78, 5) is 14.0. The van der Waals surface area contributed by atoms with Crippen LogP contribution in [0.3, 0.4) is 0 Å². The van der Waals surface area contributed by atoms with Crippen LogP contribution in [0, 0.1) is 5.82 Å². The molecule has 2 aromatic rings. The van der Waals surface area contributed by atoms with Crippen molar-refractivity contribution in [2.45, 2.75) is 0 Å². The van der Waals surface area contributed by atoms with Gasteiger partial charge in [-0.3, -0.25) is 10.0 Å². The molecular formula is C16H12FN4O3-. The van der Waals surface area contributed by atoms with Crippen molar-refractivity contribution in [2.24, 2.45) is 0 Å². The molecule has 2 aliphatic rings. The van der Waals surface area contributed by atoms with Crippen molar-refractivity contribution < 1.29 is 19.5 Å². The molecule has 4 rings (SSSR count). The van der Waals surface area contributed by atoms with Crippen LogP contribution in [0.15, 0.2) is 60.1 Å². The van der Waals surface area contributed by atoms with Crippen LogP contribution in [-0.2, 0) is 4.79 Å². The largest absolute Gasteiger partial charge is 0.858 e. The molecule has 0 bridgehead atoms. The van der Waals surface area contributed by atoms with Crippen molar-refractivity contribution in [3.05, 3.63) is 65.9 Å². The maximum Gasteiger partial charge on any atom is 0.295 e. The van der Waals surface area contributed by atoms with Gasteiger partial charge in [0, 0.05) is 12.3 Å². The molecule has 24 heavy (non-hydrogen) atoms. The van der Waals surface area contributed by atoms with Gasteiger partial charge in [0.1, 0.15) is 11.5 Å². The topological polar surface area (TPSA) is 73.3 Å². The second kappa shape index (κ2) is 4.95. The average molecular weight is 327 g/mol. The van der Waals surface area contributed by atoms with Crippen LogP contribution < -0.4 is 20.0 Å². The summed E-state index contributed by atoms with van der Waals surface area (Å²) in [5.41, 5.74) is 0.879. The Morgan fingerprint density at radius 3 is 2.46 bits per heavy atom. The third kappa shape index (κ3) is 1.81. The van der Waals surface area contributed by atoms with Gasteiger partial charge in [-0.05, 0) is 36.2 Å². The zero-order chi connectivity index (χ0) is 17.0. The Labute approximate surface area is 136 Å².